The molecule has 0 saturated carbocycles. The molecule has 0 radical (unpaired) electrons. The lowest BCUT2D eigenvalue weighted by Gasteiger charge is -2.29. The molecular weight excluding hydrogens is 410 g/mol. The van der Waals surface area contributed by atoms with Crippen LogP contribution < -0.4 is 9.47 Å². The summed E-state index contributed by atoms with van der Waals surface area (Å²) in [5.41, 5.74) is 1.02. The predicted molar refractivity (Wildman–Crippen MR) is 122 cm³/mol. The second-order valence-corrected chi connectivity index (χ2v) is 8.94. The fourth-order valence-corrected chi connectivity index (χ4v) is 4.41. The summed E-state index contributed by atoms with van der Waals surface area (Å²) in [5, 5.41) is 0. The number of methoxy groups -OCH3 is 2. The van der Waals surface area contributed by atoms with Crippen LogP contribution in [0.5, 0.6) is 11.5 Å². The molecule has 0 aliphatic carbocycles. The number of hydrogen-bond acceptors (Lipinski definition) is 6. The molecule has 1 unspecified atom stereocenters. The third-order valence-electron chi connectivity index (χ3n) is 6.12. The van der Waals surface area contributed by atoms with Gasteiger partial charge in [-0.15, -0.1) is 0 Å². The van der Waals surface area contributed by atoms with E-state index in [0.717, 1.165) is 49.4 Å². The minimum Gasteiger partial charge on any atom is -0.497 e. The largest absolute Gasteiger partial charge is 0.497 e. The molecule has 2 amide bonds. The minimum atomic E-state index is -0.252. The SMILES string of the molecule is COc1ccc(C2CCCN2C(=O)CN2CCCN(C(=O)OCC(C)C)CC2)c(OC)c1. The van der Waals surface area contributed by atoms with Gasteiger partial charge in [0.2, 0.25) is 5.91 Å². The van der Waals surface area contributed by atoms with Crippen LogP contribution in [0, 0.1) is 5.92 Å². The molecule has 2 fully saturated rings. The van der Waals surface area contributed by atoms with E-state index in [1.165, 1.54) is 0 Å². The van der Waals surface area contributed by atoms with Crippen LogP contribution in [0.2, 0.25) is 0 Å². The van der Waals surface area contributed by atoms with Crippen molar-refractivity contribution < 1.29 is 23.8 Å². The average Bonchev–Trinajstić information content (AvgIpc) is 3.17. The smallest absolute Gasteiger partial charge is 0.409 e. The first-order valence-corrected chi connectivity index (χ1v) is 11.6. The molecule has 2 saturated heterocycles. The van der Waals surface area contributed by atoms with Crippen molar-refractivity contribution in [2.24, 2.45) is 5.92 Å². The number of rotatable bonds is 7. The van der Waals surface area contributed by atoms with E-state index in [2.05, 4.69) is 4.90 Å². The Morgan fingerprint density at radius 3 is 2.56 bits per heavy atom. The number of likely N-dealkylation sites (tertiary alicyclic amines) is 1. The van der Waals surface area contributed by atoms with E-state index in [9.17, 15) is 9.59 Å². The molecule has 8 nitrogen and oxygen atoms in total. The Bertz CT molecular complexity index is 785. The Morgan fingerprint density at radius 1 is 1.03 bits per heavy atom. The first-order valence-electron chi connectivity index (χ1n) is 11.6. The van der Waals surface area contributed by atoms with Gasteiger partial charge >= 0.3 is 6.09 Å². The fourth-order valence-electron chi connectivity index (χ4n) is 4.41. The standard InChI is InChI=1S/C24H37N3O5/c1-18(2)17-32-24(29)26-11-6-10-25(13-14-26)16-23(28)27-12-5-7-21(27)20-9-8-19(30-3)15-22(20)31-4/h8-9,15,18,21H,5-7,10-14,16-17H2,1-4H3. The monoisotopic (exact) mass is 447 g/mol. The Morgan fingerprint density at radius 2 is 1.84 bits per heavy atom. The summed E-state index contributed by atoms with van der Waals surface area (Å²) in [6.07, 6.45) is 2.48. The molecule has 0 spiro atoms. The predicted octanol–water partition coefficient (Wildman–Crippen LogP) is 3.17. The summed E-state index contributed by atoms with van der Waals surface area (Å²) in [4.78, 5) is 31.4. The number of hydrogen-bond donors (Lipinski definition) is 0. The maximum absolute atomic E-state index is 13.2. The highest BCUT2D eigenvalue weighted by Gasteiger charge is 2.33. The van der Waals surface area contributed by atoms with E-state index in [0.29, 0.717) is 38.7 Å². The molecule has 1 aromatic rings. The zero-order valence-electron chi connectivity index (χ0n) is 19.8. The highest BCUT2D eigenvalue weighted by atomic mass is 16.6. The van der Waals surface area contributed by atoms with Gasteiger partial charge in [-0.05, 0) is 37.3 Å². The zero-order chi connectivity index (χ0) is 23.1. The van der Waals surface area contributed by atoms with Crippen molar-refractivity contribution >= 4 is 12.0 Å². The molecule has 3 rings (SSSR count). The number of nitrogens with zero attached hydrogens (tertiary/aromatic N) is 3. The van der Waals surface area contributed by atoms with Crippen molar-refractivity contribution in [3.05, 3.63) is 23.8 Å². The van der Waals surface area contributed by atoms with Crippen molar-refractivity contribution in [3.63, 3.8) is 0 Å². The lowest BCUT2D eigenvalue weighted by Crippen LogP contribution is -2.42. The van der Waals surface area contributed by atoms with Gasteiger partial charge in [-0.2, -0.15) is 0 Å². The molecule has 2 aliphatic heterocycles. The number of benzene rings is 1. The third kappa shape index (κ3) is 6.06. The Kier molecular flexibility index (Phi) is 8.61. The van der Waals surface area contributed by atoms with Crippen LogP contribution in [0.1, 0.15) is 44.7 Å². The van der Waals surface area contributed by atoms with Crippen molar-refractivity contribution in [2.45, 2.75) is 39.2 Å². The fraction of sp³-hybridized carbons (Fsp3) is 0.667. The summed E-state index contributed by atoms with van der Waals surface area (Å²) >= 11 is 0. The van der Waals surface area contributed by atoms with Crippen molar-refractivity contribution in [2.75, 3.05) is 60.1 Å². The van der Waals surface area contributed by atoms with E-state index >= 15 is 0 Å². The van der Waals surface area contributed by atoms with Crippen LogP contribution in [-0.2, 0) is 9.53 Å². The van der Waals surface area contributed by atoms with Crippen LogP contribution in [-0.4, -0.2) is 86.8 Å². The topological polar surface area (TPSA) is 71.6 Å². The number of carbonyl (C=O) groups excluding carboxylic acids is 2. The van der Waals surface area contributed by atoms with Gasteiger partial charge in [0.05, 0.1) is 33.4 Å². The van der Waals surface area contributed by atoms with Crippen LogP contribution in [0.15, 0.2) is 18.2 Å². The summed E-state index contributed by atoms with van der Waals surface area (Å²) < 4.78 is 16.3. The maximum atomic E-state index is 13.2. The molecule has 2 aliphatic rings. The summed E-state index contributed by atoms with van der Waals surface area (Å²) in [5.74, 6) is 1.93. The highest BCUT2D eigenvalue weighted by molar-refractivity contribution is 5.79. The van der Waals surface area contributed by atoms with Gasteiger partial charge in [-0.3, -0.25) is 9.69 Å². The second-order valence-electron chi connectivity index (χ2n) is 8.94. The van der Waals surface area contributed by atoms with Crippen LogP contribution in [0.4, 0.5) is 4.79 Å². The van der Waals surface area contributed by atoms with Crippen molar-refractivity contribution in [1.29, 1.82) is 0 Å². The molecule has 32 heavy (non-hydrogen) atoms. The number of amides is 2. The van der Waals surface area contributed by atoms with Crippen molar-refractivity contribution in [1.82, 2.24) is 14.7 Å². The zero-order valence-corrected chi connectivity index (χ0v) is 19.8. The van der Waals surface area contributed by atoms with Crippen LogP contribution in [0.3, 0.4) is 0 Å². The summed E-state index contributed by atoms with van der Waals surface area (Å²) in [6.45, 7) is 8.31. The summed E-state index contributed by atoms with van der Waals surface area (Å²) in [6, 6.07) is 5.80. The molecule has 0 N–H and O–H groups in total. The van der Waals surface area contributed by atoms with Crippen molar-refractivity contribution in [3.8, 4) is 11.5 Å². The molecule has 0 aromatic heterocycles. The molecular formula is C24H37N3O5. The maximum Gasteiger partial charge on any atom is 0.409 e. The van der Waals surface area contributed by atoms with Gasteiger partial charge in [0, 0.05) is 44.4 Å². The van der Waals surface area contributed by atoms with Gasteiger partial charge in [0.25, 0.3) is 0 Å². The lowest BCUT2D eigenvalue weighted by molar-refractivity contribution is -0.133. The van der Waals surface area contributed by atoms with Gasteiger partial charge in [-0.1, -0.05) is 13.8 Å². The quantitative estimate of drug-likeness (QED) is 0.639. The molecule has 1 aromatic carbocycles. The minimum absolute atomic E-state index is 0.0119. The van der Waals surface area contributed by atoms with E-state index in [1.807, 2.05) is 36.9 Å². The molecule has 8 heteroatoms. The van der Waals surface area contributed by atoms with E-state index in [4.69, 9.17) is 14.2 Å². The normalized spacial score (nSPS) is 19.7. The van der Waals surface area contributed by atoms with Crippen LogP contribution in [0.25, 0.3) is 0 Å². The average molecular weight is 448 g/mol. The Balaban J connectivity index is 1.59. The highest BCUT2D eigenvalue weighted by Crippen LogP contribution is 2.38. The number of carbonyl (C=O) groups is 2. The van der Waals surface area contributed by atoms with E-state index < -0.39 is 0 Å². The molecule has 2 heterocycles. The third-order valence-corrected chi connectivity index (χ3v) is 6.12. The molecule has 1 atom stereocenters. The Hall–Kier alpha value is -2.48. The van der Waals surface area contributed by atoms with Gasteiger partial charge in [0.1, 0.15) is 11.5 Å². The lowest BCUT2D eigenvalue weighted by atomic mass is 10.0. The van der Waals surface area contributed by atoms with E-state index in [1.54, 1.807) is 19.1 Å². The second kappa shape index (κ2) is 11.4. The van der Waals surface area contributed by atoms with Crippen LogP contribution >= 0.6 is 0 Å². The van der Waals surface area contributed by atoms with E-state index in [-0.39, 0.29) is 18.0 Å². The first-order chi connectivity index (χ1) is 15.4. The van der Waals surface area contributed by atoms with Gasteiger partial charge in [0.15, 0.2) is 0 Å². The molecule has 0 bridgehead atoms. The first kappa shape index (κ1) is 24.2. The molecule has 178 valence electrons. The Labute approximate surface area is 191 Å². The number of ether oxygens (including phenoxy) is 3. The summed E-state index contributed by atoms with van der Waals surface area (Å²) in [7, 11) is 3.28. The van der Waals surface area contributed by atoms with Gasteiger partial charge in [-0.25, -0.2) is 4.79 Å². The van der Waals surface area contributed by atoms with Gasteiger partial charge < -0.3 is 24.0 Å².